The molecule has 15 heteroatoms. The summed E-state index contributed by atoms with van der Waals surface area (Å²) in [6, 6.07) is 19.1. The van der Waals surface area contributed by atoms with Crippen molar-refractivity contribution in [2.24, 2.45) is 0 Å². The largest absolute Gasteiger partial charge is 1.00 e. The molecular weight excluding hydrogens is 862 g/mol. The molecule has 0 radical (unpaired) electrons. The molecule has 0 bridgehead atoms. The van der Waals surface area contributed by atoms with Gasteiger partial charge in [0.2, 0.25) is 5.91 Å². The van der Waals surface area contributed by atoms with Gasteiger partial charge < -0.3 is 31.2 Å². The summed E-state index contributed by atoms with van der Waals surface area (Å²) in [5.74, 6) is -1.81. The van der Waals surface area contributed by atoms with Gasteiger partial charge in [0.1, 0.15) is 24.4 Å². The van der Waals surface area contributed by atoms with Crippen molar-refractivity contribution in [2.45, 2.75) is 217 Å². The number of rotatable bonds is 36. The van der Waals surface area contributed by atoms with E-state index < -0.39 is 71.6 Å². The molecule has 65 heavy (non-hydrogen) atoms. The number of nitrogens with one attached hydrogen (secondary N) is 1. The van der Waals surface area contributed by atoms with Gasteiger partial charge in [-0.1, -0.05) is 170 Å². The van der Waals surface area contributed by atoms with Crippen molar-refractivity contribution in [1.29, 1.82) is 0 Å². The zero-order chi connectivity index (χ0) is 46.3. The van der Waals surface area contributed by atoms with Gasteiger partial charge in [-0.3, -0.25) is 18.9 Å². The van der Waals surface area contributed by atoms with Crippen LogP contribution >= 0.6 is 0 Å². The van der Waals surface area contributed by atoms with E-state index in [0.29, 0.717) is 19.3 Å². The Morgan fingerprint density at radius 1 is 0.677 bits per heavy atom. The Hall–Kier alpha value is -2.40. The van der Waals surface area contributed by atoms with Crippen molar-refractivity contribution >= 4 is 28.2 Å². The number of hydrogen-bond donors (Lipinski definition) is 4. The first-order chi connectivity index (χ1) is 31.0. The molecule has 2 aromatic rings. The topological polar surface area (TPSA) is 195 Å². The molecule has 1 amide bonds. The molecule has 364 valence electrons. The average Bonchev–Trinajstić information content (AvgIpc) is 3.27. The molecule has 1 heterocycles. The fourth-order valence-electron chi connectivity index (χ4n) is 8.31. The number of hydrogen-bond acceptors (Lipinski definition) is 11. The average molecular weight is 942 g/mol. The minimum atomic E-state index is -5.17. The number of aryl methyl sites for hydroxylation is 2. The molecule has 6 atom stereocenters. The predicted molar refractivity (Wildman–Crippen MR) is 249 cm³/mol. The predicted octanol–water partition coefficient (Wildman–Crippen LogP) is 6.57. The Balaban J connectivity index is 0.0000109. The van der Waals surface area contributed by atoms with Gasteiger partial charge >= 0.3 is 51.9 Å². The summed E-state index contributed by atoms with van der Waals surface area (Å²) in [7, 11) is -5.17. The number of carbonyl (C=O) groups is 3. The summed E-state index contributed by atoms with van der Waals surface area (Å²) in [4.78, 5) is 40.0. The van der Waals surface area contributed by atoms with E-state index in [9.17, 15) is 37.6 Å². The van der Waals surface area contributed by atoms with Crippen LogP contribution in [-0.2, 0) is 56.0 Å². The monoisotopic (exact) mass is 942 g/mol. The number of aliphatic hydroxyl groups is 2. The maximum absolute atomic E-state index is 13.7. The minimum absolute atomic E-state index is 0. The Kier molecular flexibility index (Phi) is 32.3. The van der Waals surface area contributed by atoms with Crippen LogP contribution in [0.2, 0.25) is 0 Å². The van der Waals surface area contributed by atoms with Crippen LogP contribution in [0.25, 0.3) is 0 Å². The summed E-state index contributed by atoms with van der Waals surface area (Å²) < 4.78 is 55.3. The molecule has 1 unspecified atom stereocenters. The molecule has 0 spiro atoms. The first-order valence-electron chi connectivity index (χ1n) is 24.3. The summed E-state index contributed by atoms with van der Waals surface area (Å²) in [5, 5.41) is 23.6. The number of ether oxygens (including phenoxy) is 3. The van der Waals surface area contributed by atoms with Gasteiger partial charge in [-0.25, -0.2) is 4.18 Å². The van der Waals surface area contributed by atoms with Gasteiger partial charge in [-0.15, -0.1) is 0 Å². The van der Waals surface area contributed by atoms with E-state index in [-0.39, 0.29) is 50.2 Å². The Morgan fingerprint density at radius 3 is 1.63 bits per heavy atom. The molecule has 1 aliphatic heterocycles. The van der Waals surface area contributed by atoms with Crippen molar-refractivity contribution < 1.29 is 86.9 Å². The molecule has 4 N–H and O–H groups in total. The Bertz CT molecular complexity index is 1660. The van der Waals surface area contributed by atoms with Crippen LogP contribution in [0, 0.1) is 0 Å². The summed E-state index contributed by atoms with van der Waals surface area (Å²) in [6.45, 7) is 1.33. The number of esters is 2. The maximum atomic E-state index is 13.7. The van der Waals surface area contributed by atoms with E-state index in [0.717, 1.165) is 103 Å². The van der Waals surface area contributed by atoms with Gasteiger partial charge in [0.25, 0.3) is 0 Å². The number of carbonyl (C=O) groups excluding carboxylic acids is 3. The van der Waals surface area contributed by atoms with E-state index in [2.05, 4.69) is 48.6 Å². The second kappa shape index (κ2) is 35.7. The minimum Gasteiger partial charge on any atom is -1.00 e. The van der Waals surface area contributed by atoms with E-state index >= 15 is 0 Å². The van der Waals surface area contributed by atoms with E-state index in [1.54, 1.807) is 0 Å². The van der Waals surface area contributed by atoms with Gasteiger partial charge in [0.05, 0.1) is 13.0 Å². The first kappa shape index (κ1) is 58.7. The molecule has 1 aliphatic rings. The van der Waals surface area contributed by atoms with Crippen LogP contribution in [0.4, 0.5) is 0 Å². The van der Waals surface area contributed by atoms with Crippen molar-refractivity contribution in [3.8, 4) is 0 Å². The molecule has 0 aromatic heterocycles. The normalized spacial score (nSPS) is 18.9. The van der Waals surface area contributed by atoms with Gasteiger partial charge in [-0.05, 0) is 62.5 Å². The van der Waals surface area contributed by atoms with Crippen LogP contribution in [0.15, 0.2) is 60.7 Å². The number of unbranched alkanes of at least 4 members (excludes halogenated alkanes) is 18. The third-order valence-electron chi connectivity index (χ3n) is 11.9. The van der Waals surface area contributed by atoms with Crippen LogP contribution in [0.5, 0.6) is 0 Å². The van der Waals surface area contributed by atoms with Crippen LogP contribution in [0.3, 0.4) is 0 Å². The fourth-order valence-corrected chi connectivity index (χ4v) is 8.82. The molecule has 3 rings (SSSR count). The van der Waals surface area contributed by atoms with E-state index in [4.69, 9.17) is 18.4 Å². The Labute approximate surface area is 413 Å². The number of amides is 1. The third-order valence-corrected chi connectivity index (χ3v) is 12.4. The van der Waals surface area contributed by atoms with Gasteiger partial charge in [0.15, 0.2) is 12.4 Å². The molecule has 13 nitrogen and oxygen atoms in total. The zero-order valence-electron chi connectivity index (χ0n) is 40.5. The van der Waals surface area contributed by atoms with Crippen LogP contribution < -0.4 is 34.9 Å². The molecule has 1 fully saturated rings. The summed E-state index contributed by atoms with van der Waals surface area (Å²) in [6.07, 6.45) is 15.7. The smallest absolute Gasteiger partial charge is 1.00 e. The van der Waals surface area contributed by atoms with Crippen LogP contribution in [0.1, 0.15) is 180 Å². The molecule has 0 aliphatic carbocycles. The molecule has 0 saturated carbocycles. The number of aliphatic hydroxyl groups excluding tert-OH is 2. The molecule has 1 saturated heterocycles. The SMILES string of the molecule is CCCCCCCCCCCC(CC(=O)N[C@@H]1[C@@H](OC(=O)CCCCCCCCc2ccccc2)[C@@H](OS(=O)(=O)O)[C@@H](CO)O[C@H]1O)OC(=O)CCCCCCCCc1ccccc1.[H-].[Na+]. The number of benzene rings is 2. The van der Waals surface area contributed by atoms with Crippen LogP contribution in [-0.4, -0.2) is 84.4 Å². The maximum Gasteiger partial charge on any atom is 1.00 e. The van der Waals surface area contributed by atoms with Crippen molar-refractivity contribution in [2.75, 3.05) is 6.61 Å². The third kappa shape index (κ3) is 27.3. The summed E-state index contributed by atoms with van der Waals surface area (Å²) in [5.41, 5.74) is 2.64. The van der Waals surface area contributed by atoms with Crippen molar-refractivity contribution in [3.63, 3.8) is 0 Å². The fraction of sp³-hybridized carbons (Fsp3) is 0.700. The van der Waals surface area contributed by atoms with Crippen molar-refractivity contribution in [3.05, 3.63) is 71.8 Å². The van der Waals surface area contributed by atoms with Crippen molar-refractivity contribution in [1.82, 2.24) is 5.32 Å². The van der Waals surface area contributed by atoms with E-state index in [1.165, 1.54) is 43.2 Å². The standard InChI is InChI=1S/C50H79NO12S.Na.H/c1-2-3-4-5-6-7-8-15-26-35-42(60-45(54)36-27-16-11-9-13-20-29-40-31-22-18-23-32-40)38-44(53)51-47-49(48(63-64(57,58)59)43(39-52)61-50(47)56)62-46(55)37-28-17-12-10-14-21-30-41-33-24-19-25-34-41;;/h18-19,22-25,31-34,42-43,47-50,52,56H,2-17,20-21,26-30,35-39H2,1H3,(H,51,53)(H,57,58,59);;/q;+1;-1/t42?,43-,47-,48+,49-,50-;;/m1../s1. The second-order valence-corrected chi connectivity index (χ2v) is 18.5. The van der Waals surface area contributed by atoms with E-state index in [1.807, 2.05) is 24.3 Å². The second-order valence-electron chi connectivity index (χ2n) is 17.4. The zero-order valence-corrected chi connectivity index (χ0v) is 42.3. The molecular formula is C50H80NNaO12S. The summed E-state index contributed by atoms with van der Waals surface area (Å²) >= 11 is 0. The molecule has 2 aromatic carbocycles. The first-order valence-corrected chi connectivity index (χ1v) is 25.7. The van der Waals surface area contributed by atoms with Gasteiger partial charge in [-0.2, -0.15) is 8.42 Å². The Morgan fingerprint density at radius 2 is 1.14 bits per heavy atom. The quantitative estimate of drug-likeness (QED) is 0.0249. The van der Waals surface area contributed by atoms with Gasteiger partial charge in [0, 0.05) is 12.8 Å².